The van der Waals surface area contributed by atoms with Gasteiger partial charge in [-0.1, -0.05) is 20.3 Å². The van der Waals surface area contributed by atoms with Gasteiger partial charge in [0.1, 0.15) is 0 Å². The summed E-state index contributed by atoms with van der Waals surface area (Å²) in [6, 6.07) is 0. The van der Waals surface area contributed by atoms with Crippen LogP contribution in [0.3, 0.4) is 0 Å². The minimum absolute atomic E-state index is 0.332. The first kappa shape index (κ1) is 14.0. The Morgan fingerprint density at radius 1 is 1.37 bits per heavy atom. The number of nitrogens with zero attached hydrogens (tertiary/aromatic N) is 3. The lowest BCUT2D eigenvalue weighted by Crippen LogP contribution is -2.39. The molecule has 1 N–H and O–H groups in total. The summed E-state index contributed by atoms with van der Waals surface area (Å²) in [6.45, 7) is 8.97. The third-order valence-electron chi connectivity index (χ3n) is 4.18. The van der Waals surface area contributed by atoms with Crippen LogP contribution < -0.4 is 10.2 Å². The number of halogens is 1. The molecular formula is C14H23FN4. The number of rotatable bonds is 4. The van der Waals surface area contributed by atoms with Crippen molar-refractivity contribution in [1.29, 1.82) is 0 Å². The van der Waals surface area contributed by atoms with Crippen molar-refractivity contribution in [2.75, 3.05) is 29.9 Å². The van der Waals surface area contributed by atoms with Crippen LogP contribution in [0.15, 0.2) is 6.20 Å². The Balaban J connectivity index is 2.12. The highest BCUT2D eigenvalue weighted by atomic mass is 19.1. The second kappa shape index (κ2) is 5.72. The summed E-state index contributed by atoms with van der Waals surface area (Å²) in [6.07, 6.45) is 4.61. The largest absolute Gasteiger partial charge is 0.354 e. The third-order valence-corrected chi connectivity index (χ3v) is 4.18. The molecule has 0 atom stereocenters. The first-order chi connectivity index (χ1) is 9.08. The summed E-state index contributed by atoms with van der Waals surface area (Å²) < 4.78 is 13.9. The SMILES string of the molecule is CCNc1ncc(F)c(N2CCC(C)(CC)CC2)n1. The van der Waals surface area contributed by atoms with Crippen LogP contribution in [0.25, 0.3) is 0 Å². The summed E-state index contributed by atoms with van der Waals surface area (Å²) in [4.78, 5) is 10.3. The fraction of sp³-hybridized carbons (Fsp3) is 0.714. The van der Waals surface area contributed by atoms with Crippen LogP contribution in [0.5, 0.6) is 0 Å². The number of hydrogen-bond donors (Lipinski definition) is 1. The van der Waals surface area contributed by atoms with Gasteiger partial charge in [-0.2, -0.15) is 4.98 Å². The van der Waals surface area contributed by atoms with Gasteiger partial charge in [0.15, 0.2) is 11.6 Å². The Bertz CT molecular complexity index is 427. The smallest absolute Gasteiger partial charge is 0.224 e. The van der Waals surface area contributed by atoms with Gasteiger partial charge in [0.25, 0.3) is 0 Å². The van der Waals surface area contributed by atoms with E-state index in [1.54, 1.807) is 0 Å². The van der Waals surface area contributed by atoms with Gasteiger partial charge in [0.2, 0.25) is 5.95 Å². The maximum absolute atomic E-state index is 13.9. The summed E-state index contributed by atoms with van der Waals surface area (Å²) >= 11 is 0. The zero-order chi connectivity index (χ0) is 13.9. The molecule has 1 aliphatic rings. The van der Waals surface area contributed by atoms with Crippen molar-refractivity contribution >= 4 is 11.8 Å². The van der Waals surface area contributed by atoms with Crippen LogP contribution in [-0.2, 0) is 0 Å². The van der Waals surface area contributed by atoms with E-state index in [1.807, 2.05) is 11.8 Å². The molecule has 106 valence electrons. The first-order valence-electron chi connectivity index (χ1n) is 7.09. The van der Waals surface area contributed by atoms with Crippen molar-refractivity contribution in [3.05, 3.63) is 12.0 Å². The Kier molecular flexibility index (Phi) is 4.22. The molecule has 19 heavy (non-hydrogen) atoms. The van der Waals surface area contributed by atoms with E-state index >= 15 is 0 Å². The van der Waals surface area contributed by atoms with Crippen LogP contribution in [0.2, 0.25) is 0 Å². The fourth-order valence-electron chi connectivity index (χ4n) is 2.44. The zero-order valence-electron chi connectivity index (χ0n) is 12.0. The van der Waals surface area contributed by atoms with Crippen LogP contribution in [0.4, 0.5) is 16.2 Å². The number of piperidine rings is 1. The lowest BCUT2D eigenvalue weighted by atomic mass is 9.78. The monoisotopic (exact) mass is 266 g/mol. The second-order valence-electron chi connectivity index (χ2n) is 5.55. The molecule has 0 unspecified atom stereocenters. The number of aromatic nitrogens is 2. The Morgan fingerprint density at radius 2 is 2.05 bits per heavy atom. The molecule has 4 nitrogen and oxygen atoms in total. The van der Waals surface area contributed by atoms with Gasteiger partial charge < -0.3 is 10.2 Å². The molecule has 0 bridgehead atoms. The highest BCUT2D eigenvalue weighted by Gasteiger charge is 2.29. The van der Waals surface area contributed by atoms with Gasteiger partial charge >= 0.3 is 0 Å². The maximum Gasteiger partial charge on any atom is 0.224 e. The summed E-state index contributed by atoms with van der Waals surface area (Å²) in [7, 11) is 0. The van der Waals surface area contributed by atoms with E-state index in [1.165, 1.54) is 12.6 Å². The molecule has 1 aromatic heterocycles. The van der Waals surface area contributed by atoms with Crippen LogP contribution in [-0.4, -0.2) is 29.6 Å². The molecular weight excluding hydrogens is 243 g/mol. The van der Waals surface area contributed by atoms with E-state index in [-0.39, 0.29) is 5.82 Å². The predicted octanol–water partition coefficient (Wildman–Crippen LogP) is 3.06. The molecule has 0 aromatic carbocycles. The van der Waals surface area contributed by atoms with Gasteiger partial charge in [-0.15, -0.1) is 0 Å². The van der Waals surface area contributed by atoms with Crippen molar-refractivity contribution < 1.29 is 4.39 Å². The quantitative estimate of drug-likeness (QED) is 0.909. The molecule has 0 saturated carbocycles. The van der Waals surface area contributed by atoms with E-state index in [4.69, 9.17) is 0 Å². The summed E-state index contributed by atoms with van der Waals surface area (Å²) in [5.41, 5.74) is 0.393. The van der Waals surface area contributed by atoms with Gasteiger partial charge in [-0.3, -0.25) is 0 Å². The number of nitrogens with one attached hydrogen (secondary N) is 1. The normalized spacial score (nSPS) is 18.4. The van der Waals surface area contributed by atoms with Crippen molar-refractivity contribution in [2.45, 2.75) is 40.0 Å². The summed E-state index contributed by atoms with van der Waals surface area (Å²) in [5, 5.41) is 3.03. The van der Waals surface area contributed by atoms with Gasteiger partial charge in [-0.25, -0.2) is 9.37 Å². The maximum atomic E-state index is 13.9. The lowest BCUT2D eigenvalue weighted by molar-refractivity contribution is 0.237. The third kappa shape index (κ3) is 3.14. The molecule has 5 heteroatoms. The average molecular weight is 266 g/mol. The molecule has 1 aromatic rings. The topological polar surface area (TPSA) is 41.1 Å². The Labute approximate surface area is 114 Å². The minimum Gasteiger partial charge on any atom is -0.354 e. The molecule has 2 heterocycles. The fourth-order valence-corrected chi connectivity index (χ4v) is 2.44. The van der Waals surface area contributed by atoms with Crippen molar-refractivity contribution in [3.63, 3.8) is 0 Å². The van der Waals surface area contributed by atoms with E-state index in [2.05, 4.69) is 29.1 Å². The van der Waals surface area contributed by atoms with Gasteiger partial charge in [0.05, 0.1) is 6.20 Å². The van der Waals surface area contributed by atoms with Crippen molar-refractivity contribution in [2.24, 2.45) is 5.41 Å². The average Bonchev–Trinajstić information content (AvgIpc) is 2.42. The molecule has 1 saturated heterocycles. The predicted molar refractivity (Wildman–Crippen MR) is 76.0 cm³/mol. The first-order valence-corrected chi connectivity index (χ1v) is 7.09. The van der Waals surface area contributed by atoms with Crippen LogP contribution >= 0.6 is 0 Å². The van der Waals surface area contributed by atoms with E-state index in [9.17, 15) is 4.39 Å². The van der Waals surface area contributed by atoms with Crippen LogP contribution in [0.1, 0.15) is 40.0 Å². The Morgan fingerprint density at radius 3 is 2.63 bits per heavy atom. The van der Waals surface area contributed by atoms with E-state index in [0.29, 0.717) is 17.2 Å². The zero-order valence-corrected chi connectivity index (χ0v) is 12.0. The highest BCUT2D eigenvalue weighted by Crippen LogP contribution is 2.35. The van der Waals surface area contributed by atoms with E-state index in [0.717, 1.165) is 32.5 Å². The molecule has 1 fully saturated rings. The molecule has 1 aliphatic heterocycles. The molecule has 0 spiro atoms. The second-order valence-corrected chi connectivity index (χ2v) is 5.55. The molecule has 0 radical (unpaired) electrons. The Hall–Kier alpha value is -1.39. The number of anilines is 2. The van der Waals surface area contributed by atoms with Crippen LogP contribution in [0, 0.1) is 11.2 Å². The number of hydrogen-bond acceptors (Lipinski definition) is 4. The van der Waals surface area contributed by atoms with Crippen molar-refractivity contribution in [1.82, 2.24) is 9.97 Å². The molecule has 0 amide bonds. The summed E-state index contributed by atoms with van der Waals surface area (Å²) in [5.74, 6) is 0.605. The van der Waals surface area contributed by atoms with Gasteiger partial charge in [-0.05, 0) is 25.2 Å². The van der Waals surface area contributed by atoms with Gasteiger partial charge in [0, 0.05) is 19.6 Å². The minimum atomic E-state index is -0.332. The standard InChI is InChI=1S/C14H23FN4/c1-4-14(3)6-8-19(9-7-14)12-11(15)10-17-13(18-12)16-5-2/h10H,4-9H2,1-3H3,(H,16,17,18). The van der Waals surface area contributed by atoms with Crippen molar-refractivity contribution in [3.8, 4) is 0 Å². The molecule has 2 rings (SSSR count). The lowest BCUT2D eigenvalue weighted by Gasteiger charge is -2.39. The highest BCUT2D eigenvalue weighted by molar-refractivity contribution is 5.44. The van der Waals surface area contributed by atoms with E-state index < -0.39 is 0 Å². The molecule has 0 aliphatic carbocycles.